The molecule has 7 nitrogen and oxygen atoms in total. The van der Waals surface area contributed by atoms with Gasteiger partial charge >= 0.3 is 7.82 Å². The van der Waals surface area contributed by atoms with Crippen molar-refractivity contribution in [2.24, 2.45) is 0 Å². The molecular formula is C20H34NO6P. The number of aliphatic hydroxyl groups is 1. The van der Waals surface area contributed by atoms with E-state index in [1.807, 2.05) is 0 Å². The van der Waals surface area contributed by atoms with Crippen molar-refractivity contribution in [2.45, 2.75) is 70.8 Å². The van der Waals surface area contributed by atoms with Crippen LogP contribution in [0.4, 0.5) is 0 Å². The van der Waals surface area contributed by atoms with Crippen molar-refractivity contribution in [1.29, 1.82) is 0 Å². The number of unbranched alkanes of at least 4 members (excludes halogenated alkanes) is 4. The fourth-order valence-electron chi connectivity index (χ4n) is 2.94. The Morgan fingerprint density at radius 2 is 1.75 bits per heavy atom. The number of carbonyl (C=O) groups is 1. The molecule has 0 heterocycles. The average molecular weight is 415 g/mol. The number of phosphoric acid groups is 1. The van der Waals surface area contributed by atoms with E-state index in [-0.39, 0.29) is 5.91 Å². The first-order chi connectivity index (χ1) is 13.3. The lowest BCUT2D eigenvalue weighted by Crippen LogP contribution is -2.40. The fraction of sp³-hybridized carbons (Fsp3) is 0.650. The molecule has 0 bridgehead atoms. The van der Waals surface area contributed by atoms with Crippen LogP contribution in [-0.2, 0) is 26.7 Å². The lowest BCUT2D eigenvalue weighted by Gasteiger charge is -2.16. The zero-order valence-corrected chi connectivity index (χ0v) is 17.6. The highest BCUT2D eigenvalue weighted by molar-refractivity contribution is 7.46. The van der Waals surface area contributed by atoms with Crippen molar-refractivity contribution in [1.82, 2.24) is 5.32 Å². The maximum Gasteiger partial charge on any atom is 0.469 e. The van der Waals surface area contributed by atoms with Gasteiger partial charge in [0.1, 0.15) is 0 Å². The second-order valence-electron chi connectivity index (χ2n) is 7.07. The fourth-order valence-corrected chi connectivity index (χ4v) is 3.31. The van der Waals surface area contributed by atoms with Crippen LogP contribution in [0.5, 0.6) is 0 Å². The summed E-state index contributed by atoms with van der Waals surface area (Å²) in [5, 5.41) is 11.7. The molecule has 1 rings (SSSR count). The highest BCUT2D eigenvalue weighted by Crippen LogP contribution is 2.35. The van der Waals surface area contributed by atoms with E-state index in [4.69, 9.17) is 14.9 Å². The number of aliphatic hydroxyl groups excluding tert-OH is 1. The highest BCUT2D eigenvalue weighted by Gasteiger charge is 2.19. The lowest BCUT2D eigenvalue weighted by molar-refractivity contribution is -0.122. The SMILES string of the molecule is CCCCCc1cccc(CCCCCC(=O)N[C@H](CO)COP(=O)(O)O)c1. The molecule has 1 aromatic carbocycles. The predicted molar refractivity (Wildman–Crippen MR) is 109 cm³/mol. The molecule has 1 aromatic rings. The van der Waals surface area contributed by atoms with Gasteiger partial charge in [-0.1, -0.05) is 50.5 Å². The number of hydrogen-bond donors (Lipinski definition) is 4. The van der Waals surface area contributed by atoms with Crippen LogP contribution in [0.25, 0.3) is 0 Å². The minimum absolute atomic E-state index is 0.258. The monoisotopic (exact) mass is 415 g/mol. The maximum absolute atomic E-state index is 11.9. The molecule has 0 aliphatic rings. The number of phosphoric ester groups is 1. The Morgan fingerprint density at radius 1 is 1.11 bits per heavy atom. The van der Waals surface area contributed by atoms with Crippen molar-refractivity contribution in [3.8, 4) is 0 Å². The van der Waals surface area contributed by atoms with Crippen molar-refractivity contribution in [3.05, 3.63) is 35.4 Å². The van der Waals surface area contributed by atoms with E-state index in [9.17, 15) is 9.36 Å². The van der Waals surface area contributed by atoms with Gasteiger partial charge in [0, 0.05) is 6.42 Å². The second-order valence-corrected chi connectivity index (χ2v) is 8.31. The minimum Gasteiger partial charge on any atom is -0.394 e. The summed E-state index contributed by atoms with van der Waals surface area (Å²) in [7, 11) is -4.61. The van der Waals surface area contributed by atoms with E-state index in [1.165, 1.54) is 30.4 Å². The molecule has 0 aliphatic heterocycles. The van der Waals surface area contributed by atoms with Gasteiger partial charge in [-0.05, 0) is 43.2 Å². The zero-order valence-electron chi connectivity index (χ0n) is 16.7. The molecule has 0 aliphatic carbocycles. The first-order valence-electron chi connectivity index (χ1n) is 10.0. The normalized spacial score (nSPS) is 12.7. The summed E-state index contributed by atoms with van der Waals surface area (Å²) in [6.45, 7) is 1.33. The third kappa shape index (κ3) is 12.3. The maximum atomic E-state index is 11.9. The van der Waals surface area contributed by atoms with Gasteiger partial charge in [-0.3, -0.25) is 9.32 Å². The Balaban J connectivity index is 2.21. The molecule has 0 unspecified atom stereocenters. The number of amides is 1. The van der Waals surface area contributed by atoms with Crippen molar-refractivity contribution >= 4 is 13.7 Å². The Hall–Kier alpha value is -1.24. The molecule has 1 amide bonds. The molecule has 0 spiro atoms. The van der Waals surface area contributed by atoms with E-state index in [1.54, 1.807) is 0 Å². The second kappa shape index (κ2) is 13.9. The van der Waals surface area contributed by atoms with Crippen LogP contribution in [-0.4, -0.2) is 40.1 Å². The minimum atomic E-state index is -4.61. The highest BCUT2D eigenvalue weighted by atomic mass is 31.2. The van der Waals surface area contributed by atoms with Crippen LogP contribution in [0.15, 0.2) is 24.3 Å². The van der Waals surface area contributed by atoms with Crippen LogP contribution >= 0.6 is 7.82 Å². The van der Waals surface area contributed by atoms with Crippen LogP contribution in [0.3, 0.4) is 0 Å². The first kappa shape index (κ1) is 24.8. The number of hydrogen-bond acceptors (Lipinski definition) is 4. The molecule has 0 saturated carbocycles. The van der Waals surface area contributed by atoms with Crippen LogP contribution < -0.4 is 5.32 Å². The van der Waals surface area contributed by atoms with Gasteiger partial charge < -0.3 is 20.2 Å². The summed E-state index contributed by atoms with van der Waals surface area (Å²) in [6.07, 6.45) is 8.76. The van der Waals surface area contributed by atoms with E-state index >= 15 is 0 Å². The van der Waals surface area contributed by atoms with Crippen LogP contribution in [0.2, 0.25) is 0 Å². The molecule has 160 valence electrons. The standard InChI is InChI=1S/C20H34NO6P/c1-2-3-5-9-17-11-8-12-18(14-17)10-6-4-7-13-20(23)21-19(15-22)16-27-28(24,25)26/h8,11-12,14,19,22H,2-7,9-10,13,15-16H2,1H3,(H,21,23)(H2,24,25,26)/t19-/m1/s1. The topological polar surface area (TPSA) is 116 Å². The van der Waals surface area contributed by atoms with E-state index in [0.29, 0.717) is 6.42 Å². The van der Waals surface area contributed by atoms with Crippen LogP contribution in [0, 0.1) is 0 Å². The van der Waals surface area contributed by atoms with E-state index in [2.05, 4.69) is 41.0 Å². The number of benzene rings is 1. The van der Waals surface area contributed by atoms with Gasteiger partial charge in [0.25, 0.3) is 0 Å². The smallest absolute Gasteiger partial charge is 0.394 e. The Kier molecular flexibility index (Phi) is 12.3. The van der Waals surface area contributed by atoms with Gasteiger partial charge in [0.05, 0.1) is 19.3 Å². The molecule has 0 saturated heterocycles. The van der Waals surface area contributed by atoms with Gasteiger partial charge in [0.15, 0.2) is 0 Å². The van der Waals surface area contributed by atoms with Crippen molar-refractivity contribution in [3.63, 3.8) is 0 Å². The van der Waals surface area contributed by atoms with E-state index in [0.717, 1.165) is 32.1 Å². The summed E-state index contributed by atoms with van der Waals surface area (Å²) >= 11 is 0. The lowest BCUT2D eigenvalue weighted by atomic mass is 10.0. The summed E-state index contributed by atoms with van der Waals surface area (Å²) in [5.41, 5.74) is 2.71. The largest absolute Gasteiger partial charge is 0.469 e. The molecule has 0 aromatic heterocycles. The molecule has 1 atom stereocenters. The third-order valence-electron chi connectivity index (χ3n) is 4.46. The molecule has 0 radical (unpaired) electrons. The van der Waals surface area contributed by atoms with Crippen molar-refractivity contribution in [2.75, 3.05) is 13.2 Å². The van der Waals surface area contributed by atoms with Gasteiger partial charge in [0.2, 0.25) is 5.91 Å². The average Bonchev–Trinajstić information content (AvgIpc) is 2.64. The molecular weight excluding hydrogens is 381 g/mol. The zero-order chi connectivity index (χ0) is 20.8. The number of rotatable bonds is 15. The summed E-state index contributed by atoms with van der Waals surface area (Å²) in [6, 6.07) is 7.88. The number of aryl methyl sites for hydroxylation is 2. The predicted octanol–water partition coefficient (Wildman–Crippen LogP) is 3.11. The van der Waals surface area contributed by atoms with E-state index < -0.39 is 27.1 Å². The summed E-state index contributed by atoms with van der Waals surface area (Å²) in [5.74, 6) is -0.258. The molecule has 0 fully saturated rings. The quantitative estimate of drug-likeness (QED) is 0.258. The van der Waals surface area contributed by atoms with Gasteiger partial charge in [-0.15, -0.1) is 0 Å². The molecule has 28 heavy (non-hydrogen) atoms. The Bertz CT molecular complexity index is 618. The first-order valence-corrected chi connectivity index (χ1v) is 11.5. The number of carbonyl (C=O) groups excluding carboxylic acids is 1. The van der Waals surface area contributed by atoms with Crippen LogP contribution in [0.1, 0.15) is 63.0 Å². The van der Waals surface area contributed by atoms with Crippen molar-refractivity contribution < 1.29 is 28.8 Å². The summed E-state index contributed by atoms with van der Waals surface area (Å²) in [4.78, 5) is 29.2. The molecule has 4 N–H and O–H groups in total. The summed E-state index contributed by atoms with van der Waals surface area (Å²) < 4.78 is 15.0. The third-order valence-corrected chi connectivity index (χ3v) is 4.94. The molecule has 8 heteroatoms. The number of nitrogens with one attached hydrogen (secondary N) is 1. The Morgan fingerprint density at radius 3 is 2.32 bits per heavy atom. The van der Waals surface area contributed by atoms with Gasteiger partial charge in [-0.25, -0.2) is 4.57 Å². The van der Waals surface area contributed by atoms with Gasteiger partial charge in [-0.2, -0.15) is 0 Å². The Labute approximate surface area is 167 Å².